The summed E-state index contributed by atoms with van der Waals surface area (Å²) in [6.07, 6.45) is 0. The van der Waals surface area contributed by atoms with Gasteiger partial charge in [-0.15, -0.1) is 0 Å². The maximum Gasteiger partial charge on any atom is 0.180 e. The SMILES string of the molecule is Nc1ccc2[nH]c(-c3ccc(Cl)cc3O)nc2n1. The Balaban J connectivity index is 2.19. The van der Waals surface area contributed by atoms with Crippen molar-refractivity contribution in [2.45, 2.75) is 0 Å². The first-order chi connectivity index (χ1) is 8.63. The van der Waals surface area contributed by atoms with Crippen molar-refractivity contribution in [2.75, 3.05) is 5.73 Å². The summed E-state index contributed by atoms with van der Waals surface area (Å²) in [5.41, 5.74) is 7.43. The molecule has 0 unspecified atom stereocenters. The first-order valence-electron chi connectivity index (χ1n) is 5.24. The van der Waals surface area contributed by atoms with E-state index in [1.165, 1.54) is 6.07 Å². The number of halogens is 1. The number of aromatic hydroxyl groups is 1. The smallest absolute Gasteiger partial charge is 0.180 e. The molecule has 0 aliphatic rings. The van der Waals surface area contributed by atoms with Gasteiger partial charge in [0, 0.05) is 5.02 Å². The van der Waals surface area contributed by atoms with Crippen LogP contribution in [0.5, 0.6) is 5.75 Å². The number of fused-ring (bicyclic) bond motifs is 1. The molecule has 5 nitrogen and oxygen atoms in total. The Morgan fingerprint density at radius 2 is 2.00 bits per heavy atom. The molecule has 0 radical (unpaired) electrons. The number of rotatable bonds is 1. The number of nitrogens with two attached hydrogens (primary N) is 1. The lowest BCUT2D eigenvalue weighted by molar-refractivity contribution is 0.477. The molecule has 4 N–H and O–H groups in total. The molecule has 3 aromatic rings. The van der Waals surface area contributed by atoms with E-state index in [2.05, 4.69) is 15.0 Å². The Hall–Kier alpha value is -2.27. The van der Waals surface area contributed by atoms with E-state index in [0.29, 0.717) is 27.9 Å². The summed E-state index contributed by atoms with van der Waals surface area (Å²) in [5.74, 6) is 0.993. The Morgan fingerprint density at radius 3 is 2.78 bits per heavy atom. The van der Waals surface area contributed by atoms with E-state index >= 15 is 0 Å². The maximum atomic E-state index is 9.83. The predicted molar refractivity (Wildman–Crippen MR) is 70.4 cm³/mol. The van der Waals surface area contributed by atoms with Crippen molar-refractivity contribution in [2.24, 2.45) is 0 Å². The van der Waals surface area contributed by atoms with Crippen LogP contribution in [-0.2, 0) is 0 Å². The largest absolute Gasteiger partial charge is 0.507 e. The van der Waals surface area contributed by atoms with Crippen LogP contribution in [0.4, 0.5) is 5.82 Å². The lowest BCUT2D eigenvalue weighted by Crippen LogP contribution is -1.88. The van der Waals surface area contributed by atoms with E-state index in [1.54, 1.807) is 24.3 Å². The molecule has 1 aromatic carbocycles. The van der Waals surface area contributed by atoms with Gasteiger partial charge in [0.1, 0.15) is 17.4 Å². The molecule has 0 spiro atoms. The van der Waals surface area contributed by atoms with E-state index in [-0.39, 0.29) is 5.75 Å². The number of benzene rings is 1. The molecule has 2 heterocycles. The van der Waals surface area contributed by atoms with Gasteiger partial charge in [0.2, 0.25) is 0 Å². The van der Waals surface area contributed by atoms with E-state index < -0.39 is 0 Å². The van der Waals surface area contributed by atoms with Gasteiger partial charge in [-0.1, -0.05) is 11.6 Å². The number of pyridine rings is 1. The molecule has 0 saturated carbocycles. The van der Waals surface area contributed by atoms with Crippen molar-refractivity contribution in [1.29, 1.82) is 0 Å². The predicted octanol–water partition coefficient (Wildman–Crippen LogP) is 2.57. The molecule has 0 bridgehead atoms. The summed E-state index contributed by atoms with van der Waals surface area (Å²) in [6, 6.07) is 8.32. The van der Waals surface area contributed by atoms with Gasteiger partial charge in [0.25, 0.3) is 0 Å². The van der Waals surface area contributed by atoms with Gasteiger partial charge in [-0.3, -0.25) is 0 Å². The van der Waals surface area contributed by atoms with E-state index in [9.17, 15) is 5.11 Å². The zero-order valence-corrected chi connectivity index (χ0v) is 9.94. The van der Waals surface area contributed by atoms with Crippen LogP contribution < -0.4 is 5.73 Å². The molecule has 0 amide bonds. The van der Waals surface area contributed by atoms with Crippen LogP contribution in [-0.4, -0.2) is 20.1 Å². The van der Waals surface area contributed by atoms with Crippen LogP contribution in [0.25, 0.3) is 22.6 Å². The summed E-state index contributed by atoms with van der Waals surface area (Å²) < 4.78 is 0. The van der Waals surface area contributed by atoms with Gasteiger partial charge in [0.05, 0.1) is 11.1 Å². The number of phenolic OH excluding ortho intramolecular Hbond substituents is 1. The molecular weight excluding hydrogens is 252 g/mol. The standard InChI is InChI=1S/C12H9ClN4O/c13-6-1-2-7(9(18)5-6)11-15-8-3-4-10(14)16-12(8)17-11/h1-5,18H,(H3,14,15,16,17). The number of H-pyrrole nitrogens is 1. The average molecular weight is 261 g/mol. The summed E-state index contributed by atoms with van der Waals surface area (Å²) in [5, 5.41) is 10.3. The lowest BCUT2D eigenvalue weighted by atomic mass is 10.2. The van der Waals surface area contributed by atoms with Crippen molar-refractivity contribution >= 4 is 28.6 Å². The number of nitrogens with zero attached hydrogens (tertiary/aromatic N) is 2. The van der Waals surface area contributed by atoms with Crippen molar-refractivity contribution in [1.82, 2.24) is 15.0 Å². The highest BCUT2D eigenvalue weighted by atomic mass is 35.5. The Labute approximate surface area is 107 Å². The molecule has 0 aliphatic carbocycles. The topological polar surface area (TPSA) is 87.8 Å². The van der Waals surface area contributed by atoms with Crippen LogP contribution >= 0.6 is 11.6 Å². The minimum Gasteiger partial charge on any atom is -0.507 e. The van der Waals surface area contributed by atoms with Crippen LogP contribution in [0.2, 0.25) is 5.02 Å². The van der Waals surface area contributed by atoms with Gasteiger partial charge in [-0.05, 0) is 30.3 Å². The highest BCUT2D eigenvalue weighted by Crippen LogP contribution is 2.30. The minimum absolute atomic E-state index is 0.0644. The normalized spacial score (nSPS) is 10.9. The highest BCUT2D eigenvalue weighted by molar-refractivity contribution is 6.30. The van der Waals surface area contributed by atoms with Crippen LogP contribution in [0.15, 0.2) is 30.3 Å². The molecule has 0 fully saturated rings. The molecule has 0 atom stereocenters. The minimum atomic E-state index is 0.0644. The fraction of sp³-hybridized carbons (Fsp3) is 0. The first kappa shape index (κ1) is 10.9. The molecule has 2 aromatic heterocycles. The second-order valence-corrected chi connectivity index (χ2v) is 4.29. The molecule has 0 saturated heterocycles. The number of phenols is 1. The highest BCUT2D eigenvalue weighted by Gasteiger charge is 2.10. The number of anilines is 1. The van der Waals surface area contributed by atoms with E-state index in [4.69, 9.17) is 17.3 Å². The van der Waals surface area contributed by atoms with Crippen molar-refractivity contribution in [3.05, 3.63) is 35.4 Å². The Kier molecular flexibility index (Phi) is 2.34. The van der Waals surface area contributed by atoms with E-state index in [0.717, 1.165) is 5.52 Å². The van der Waals surface area contributed by atoms with E-state index in [1.807, 2.05) is 0 Å². The molecule has 6 heteroatoms. The van der Waals surface area contributed by atoms with Gasteiger partial charge >= 0.3 is 0 Å². The quantitative estimate of drug-likeness (QED) is 0.627. The van der Waals surface area contributed by atoms with Gasteiger partial charge in [0.15, 0.2) is 5.65 Å². The molecular formula is C12H9ClN4O. The zero-order chi connectivity index (χ0) is 12.7. The second kappa shape index (κ2) is 3.89. The number of hydrogen-bond donors (Lipinski definition) is 3. The van der Waals surface area contributed by atoms with Crippen molar-refractivity contribution in [3.8, 4) is 17.1 Å². The second-order valence-electron chi connectivity index (χ2n) is 3.85. The van der Waals surface area contributed by atoms with Crippen LogP contribution in [0, 0.1) is 0 Å². The summed E-state index contributed by atoms with van der Waals surface area (Å²) in [6.45, 7) is 0. The van der Waals surface area contributed by atoms with Gasteiger partial charge in [-0.25, -0.2) is 9.97 Å². The summed E-state index contributed by atoms with van der Waals surface area (Å²) >= 11 is 5.78. The number of hydrogen-bond acceptors (Lipinski definition) is 4. The van der Waals surface area contributed by atoms with Gasteiger partial charge in [-0.2, -0.15) is 0 Å². The first-order valence-corrected chi connectivity index (χ1v) is 5.62. The van der Waals surface area contributed by atoms with Crippen LogP contribution in [0.3, 0.4) is 0 Å². The Bertz CT molecular complexity index is 738. The third-order valence-electron chi connectivity index (χ3n) is 2.58. The average Bonchev–Trinajstić information content (AvgIpc) is 2.71. The summed E-state index contributed by atoms with van der Waals surface area (Å²) in [7, 11) is 0. The molecule has 90 valence electrons. The summed E-state index contributed by atoms with van der Waals surface area (Å²) in [4.78, 5) is 11.4. The zero-order valence-electron chi connectivity index (χ0n) is 9.18. The fourth-order valence-corrected chi connectivity index (χ4v) is 1.91. The van der Waals surface area contributed by atoms with Gasteiger partial charge < -0.3 is 15.8 Å². The fourth-order valence-electron chi connectivity index (χ4n) is 1.74. The molecule has 18 heavy (non-hydrogen) atoms. The third-order valence-corrected chi connectivity index (χ3v) is 2.82. The monoisotopic (exact) mass is 260 g/mol. The third kappa shape index (κ3) is 1.74. The van der Waals surface area contributed by atoms with Crippen molar-refractivity contribution in [3.63, 3.8) is 0 Å². The lowest BCUT2D eigenvalue weighted by Gasteiger charge is -2.00. The number of aromatic nitrogens is 3. The molecule has 0 aliphatic heterocycles. The number of aromatic amines is 1. The number of imidazole rings is 1. The number of nitrogens with one attached hydrogen (secondary N) is 1. The van der Waals surface area contributed by atoms with Crippen molar-refractivity contribution < 1.29 is 5.11 Å². The Morgan fingerprint density at radius 1 is 1.17 bits per heavy atom. The molecule has 3 rings (SSSR count). The van der Waals surface area contributed by atoms with Crippen LogP contribution in [0.1, 0.15) is 0 Å². The maximum absolute atomic E-state index is 9.83. The number of nitrogen functional groups attached to an aromatic ring is 1.